The Morgan fingerprint density at radius 2 is 2.08 bits per heavy atom. The minimum absolute atomic E-state index is 0.0862. The van der Waals surface area contributed by atoms with E-state index in [1.807, 2.05) is 13.0 Å². The van der Waals surface area contributed by atoms with Gasteiger partial charge in [-0.25, -0.2) is 5.48 Å². The Kier molecular flexibility index (Phi) is 4.98. The van der Waals surface area contributed by atoms with Gasteiger partial charge in [-0.15, -0.1) is 0 Å². The van der Waals surface area contributed by atoms with Gasteiger partial charge in [0, 0.05) is 0 Å². The summed E-state index contributed by atoms with van der Waals surface area (Å²) in [6.07, 6.45) is 6.93. The van der Waals surface area contributed by atoms with Crippen LogP contribution in [0.5, 0.6) is 0 Å². The molecule has 0 fully saturated rings. The Morgan fingerprint density at radius 1 is 1.50 bits per heavy atom. The third-order valence-electron chi connectivity index (χ3n) is 1.48. The molecule has 1 N–H and O–H groups in total. The van der Waals surface area contributed by atoms with Gasteiger partial charge in [0.1, 0.15) is 6.11 Å². The molecule has 0 saturated heterocycles. The summed E-state index contributed by atoms with van der Waals surface area (Å²) in [6.45, 7) is 9.53. The topological polar surface area (TPSA) is 30.5 Å². The van der Waals surface area contributed by atoms with Crippen molar-refractivity contribution < 1.29 is 9.57 Å². The molecule has 0 bridgehead atoms. The molecule has 3 heteroatoms. The molecule has 68 valence electrons. The summed E-state index contributed by atoms with van der Waals surface area (Å²) in [5, 5.41) is 0. The number of hydroxylamine groups is 1. The lowest BCUT2D eigenvalue weighted by Gasteiger charge is -2.16. The lowest BCUT2D eigenvalue weighted by atomic mass is 10.1. The lowest BCUT2D eigenvalue weighted by Crippen LogP contribution is -2.25. The molecular formula is C9H15NO2. The van der Waals surface area contributed by atoms with Crippen molar-refractivity contribution in [1.29, 1.82) is 0 Å². The average molecular weight is 169 g/mol. The molecule has 0 aromatic rings. The molecule has 1 atom stereocenters. The molecule has 3 nitrogen and oxygen atoms in total. The highest BCUT2D eigenvalue weighted by Gasteiger charge is 2.07. The number of hydrogen-bond donors (Lipinski definition) is 1. The highest BCUT2D eigenvalue weighted by Crippen LogP contribution is 2.03. The van der Waals surface area contributed by atoms with Gasteiger partial charge in [-0.2, -0.15) is 0 Å². The normalized spacial score (nSPS) is 11.9. The van der Waals surface area contributed by atoms with E-state index < -0.39 is 0 Å². The second-order valence-electron chi connectivity index (χ2n) is 2.81. The smallest absolute Gasteiger partial charge is 0.221 e. The molecule has 0 radical (unpaired) electrons. The maximum Gasteiger partial charge on any atom is 0.221 e. The van der Waals surface area contributed by atoms with Gasteiger partial charge in [-0.3, -0.25) is 4.84 Å². The highest BCUT2D eigenvalue weighted by molar-refractivity contribution is 4.83. The van der Waals surface area contributed by atoms with Crippen molar-refractivity contribution in [3.63, 3.8) is 0 Å². The van der Waals surface area contributed by atoms with Crippen LogP contribution in [-0.2, 0) is 9.57 Å². The summed E-state index contributed by atoms with van der Waals surface area (Å²) in [5.74, 6) is 0.654. The molecule has 12 heavy (non-hydrogen) atoms. The van der Waals surface area contributed by atoms with Crippen LogP contribution in [0.3, 0.4) is 0 Å². The zero-order chi connectivity index (χ0) is 9.56. The van der Waals surface area contributed by atoms with Gasteiger partial charge in [0.25, 0.3) is 0 Å². The van der Waals surface area contributed by atoms with Crippen molar-refractivity contribution in [2.75, 3.05) is 0 Å². The number of ether oxygens (including phenoxy) is 1. The third-order valence-corrected chi connectivity index (χ3v) is 1.48. The lowest BCUT2D eigenvalue weighted by molar-refractivity contribution is -0.0394. The molecule has 0 heterocycles. The predicted molar refractivity (Wildman–Crippen MR) is 47.6 cm³/mol. The molecule has 0 aromatic heterocycles. The van der Waals surface area contributed by atoms with Crippen molar-refractivity contribution >= 4 is 0 Å². The quantitative estimate of drug-likeness (QED) is 0.385. The molecule has 0 aromatic carbocycles. The zero-order valence-electron chi connectivity index (χ0n) is 7.76. The summed E-state index contributed by atoms with van der Waals surface area (Å²) in [4.78, 5) is 5.15. The number of terminal acetylenes is 1. The van der Waals surface area contributed by atoms with E-state index in [1.54, 1.807) is 0 Å². The van der Waals surface area contributed by atoms with E-state index >= 15 is 0 Å². The Hall–Kier alpha value is -1.14. The summed E-state index contributed by atoms with van der Waals surface area (Å²) >= 11 is 0. The van der Waals surface area contributed by atoms with E-state index in [0.717, 1.165) is 0 Å². The van der Waals surface area contributed by atoms with E-state index in [-0.39, 0.29) is 12.0 Å². The zero-order valence-corrected chi connectivity index (χ0v) is 7.76. The van der Waals surface area contributed by atoms with E-state index in [4.69, 9.17) is 11.3 Å². The molecule has 0 aliphatic carbocycles. The molecule has 1 unspecified atom stereocenters. The predicted octanol–water partition coefficient (Wildman–Crippen LogP) is 1.63. The second kappa shape index (κ2) is 5.50. The van der Waals surface area contributed by atoms with Crippen molar-refractivity contribution in [3.05, 3.63) is 12.5 Å². The average Bonchev–Trinajstić information content (AvgIpc) is 2.00. The van der Waals surface area contributed by atoms with Gasteiger partial charge in [0.2, 0.25) is 5.88 Å². The first-order valence-electron chi connectivity index (χ1n) is 3.81. The van der Waals surface area contributed by atoms with Crippen LogP contribution in [0.25, 0.3) is 0 Å². The van der Waals surface area contributed by atoms with Crippen LogP contribution in [0.4, 0.5) is 0 Å². The first kappa shape index (κ1) is 10.9. The van der Waals surface area contributed by atoms with Gasteiger partial charge in [0.05, 0.1) is 6.10 Å². The largest absolute Gasteiger partial charge is 0.389 e. The Morgan fingerprint density at radius 3 is 2.50 bits per heavy atom. The van der Waals surface area contributed by atoms with Crippen LogP contribution < -0.4 is 5.48 Å². The number of nitrogens with one attached hydrogen (secondary N) is 1. The number of rotatable bonds is 5. The monoisotopic (exact) mass is 169 g/mol. The summed E-state index contributed by atoms with van der Waals surface area (Å²) in [5.41, 5.74) is 2.51. The van der Waals surface area contributed by atoms with Crippen LogP contribution >= 0.6 is 0 Å². The minimum Gasteiger partial charge on any atom is -0.389 e. The summed E-state index contributed by atoms with van der Waals surface area (Å²) in [7, 11) is 0. The maximum absolute atomic E-state index is 5.15. The minimum atomic E-state index is 0.0862. The molecule has 0 rings (SSSR count). The van der Waals surface area contributed by atoms with Crippen LogP contribution in [-0.4, -0.2) is 6.10 Å². The van der Waals surface area contributed by atoms with Crippen molar-refractivity contribution in [2.45, 2.75) is 26.9 Å². The first-order chi connectivity index (χ1) is 5.57. The molecule has 0 spiro atoms. The Bertz CT molecular complexity index is 181. The Balaban J connectivity index is 3.55. The third kappa shape index (κ3) is 4.64. The van der Waals surface area contributed by atoms with Gasteiger partial charge >= 0.3 is 0 Å². The van der Waals surface area contributed by atoms with Crippen molar-refractivity contribution in [3.8, 4) is 12.5 Å². The van der Waals surface area contributed by atoms with E-state index in [0.29, 0.717) is 5.92 Å². The van der Waals surface area contributed by atoms with Gasteiger partial charge < -0.3 is 4.74 Å². The van der Waals surface area contributed by atoms with Crippen molar-refractivity contribution in [1.82, 2.24) is 5.48 Å². The summed E-state index contributed by atoms with van der Waals surface area (Å²) < 4.78 is 4.57. The molecule has 0 aliphatic heterocycles. The molecule has 0 aliphatic rings. The van der Waals surface area contributed by atoms with Crippen molar-refractivity contribution in [2.24, 2.45) is 5.92 Å². The van der Waals surface area contributed by atoms with Crippen LogP contribution in [0.1, 0.15) is 20.8 Å². The fourth-order valence-electron chi connectivity index (χ4n) is 0.387. The van der Waals surface area contributed by atoms with E-state index in [9.17, 15) is 0 Å². The van der Waals surface area contributed by atoms with Gasteiger partial charge in [0.15, 0.2) is 0 Å². The fourth-order valence-corrected chi connectivity index (χ4v) is 0.387. The standard InChI is InChI=1S/C9H15NO2/c1-6-11-9(5)10-12-8(4)7(2)3/h1,7-8,10H,5H2,2-4H3. The van der Waals surface area contributed by atoms with Crippen LogP contribution in [0, 0.1) is 18.4 Å². The molecular weight excluding hydrogens is 154 g/mol. The molecule has 0 saturated carbocycles. The Labute approximate surface area is 73.7 Å². The van der Waals surface area contributed by atoms with Crippen LogP contribution in [0.15, 0.2) is 12.5 Å². The SMILES string of the molecule is C#COC(=C)NOC(C)C(C)C. The van der Waals surface area contributed by atoms with Crippen LogP contribution in [0.2, 0.25) is 0 Å². The van der Waals surface area contributed by atoms with Gasteiger partial charge in [-0.05, 0) is 19.4 Å². The summed E-state index contributed by atoms with van der Waals surface area (Å²) in [6, 6.07) is 0. The van der Waals surface area contributed by atoms with E-state index in [2.05, 4.69) is 30.6 Å². The fraction of sp³-hybridized carbons (Fsp3) is 0.556. The number of hydrogen-bond acceptors (Lipinski definition) is 3. The second-order valence-corrected chi connectivity index (χ2v) is 2.81. The maximum atomic E-state index is 5.15. The molecule has 0 amide bonds. The highest BCUT2D eigenvalue weighted by atomic mass is 16.7. The van der Waals surface area contributed by atoms with E-state index in [1.165, 1.54) is 0 Å². The van der Waals surface area contributed by atoms with Gasteiger partial charge in [-0.1, -0.05) is 20.3 Å². The first-order valence-corrected chi connectivity index (χ1v) is 3.81.